The average molecular weight is 376 g/mol. The maximum absolute atomic E-state index is 13.4. The first-order valence-corrected chi connectivity index (χ1v) is 9.14. The summed E-state index contributed by atoms with van der Waals surface area (Å²) < 4.78 is 27.2. The highest BCUT2D eigenvalue weighted by Crippen LogP contribution is 2.29. The number of benzene rings is 2. The molecule has 7 heteroatoms. The lowest BCUT2D eigenvalue weighted by Crippen LogP contribution is -3.06. The van der Waals surface area contributed by atoms with Gasteiger partial charge in [-0.3, -0.25) is 9.69 Å². The molecule has 1 heterocycles. The molecule has 136 valence electrons. The van der Waals surface area contributed by atoms with Crippen LogP contribution < -0.4 is 9.80 Å². The minimum absolute atomic E-state index is 0.114. The van der Waals surface area contributed by atoms with Gasteiger partial charge in [0.15, 0.2) is 5.13 Å². The summed E-state index contributed by atoms with van der Waals surface area (Å²) in [6, 6.07) is 10.3. The first-order valence-electron chi connectivity index (χ1n) is 8.32. The van der Waals surface area contributed by atoms with Crippen molar-refractivity contribution in [1.29, 1.82) is 0 Å². The van der Waals surface area contributed by atoms with Crippen LogP contribution in [0.1, 0.15) is 5.56 Å². The summed E-state index contributed by atoms with van der Waals surface area (Å²) in [6.07, 6.45) is 0.160. The third kappa shape index (κ3) is 4.42. The van der Waals surface area contributed by atoms with E-state index in [-0.39, 0.29) is 24.0 Å². The van der Waals surface area contributed by atoms with E-state index in [1.54, 1.807) is 23.1 Å². The number of fused-ring (bicyclic) bond motifs is 1. The molecule has 0 radical (unpaired) electrons. The van der Waals surface area contributed by atoms with Gasteiger partial charge in [0.05, 0.1) is 43.8 Å². The standard InChI is InChI=1S/C19H19F2N3OS/c1-23(2)9-10-24(18(25)11-13-3-5-14(20)6-4-13)19-22-16-8-7-15(21)12-17(16)26-19/h3-8,12H,9-11H2,1-2H3/p+1. The van der Waals surface area contributed by atoms with E-state index in [1.807, 2.05) is 14.1 Å². The van der Waals surface area contributed by atoms with Crippen molar-refractivity contribution in [3.8, 4) is 0 Å². The van der Waals surface area contributed by atoms with Gasteiger partial charge in [-0.25, -0.2) is 13.8 Å². The SMILES string of the molecule is C[NH+](C)CCN(C(=O)Cc1ccc(F)cc1)c1nc2ccc(F)cc2s1. The predicted octanol–water partition coefficient (Wildman–Crippen LogP) is 2.29. The Hall–Kier alpha value is -2.38. The number of hydrogen-bond donors (Lipinski definition) is 1. The predicted molar refractivity (Wildman–Crippen MR) is 99.7 cm³/mol. The fourth-order valence-corrected chi connectivity index (χ4v) is 3.57. The van der Waals surface area contributed by atoms with Crippen LogP contribution >= 0.6 is 11.3 Å². The van der Waals surface area contributed by atoms with Crippen LogP contribution in [0.25, 0.3) is 10.2 Å². The molecule has 0 saturated heterocycles. The van der Waals surface area contributed by atoms with Crippen molar-refractivity contribution >= 4 is 32.6 Å². The molecule has 0 aliphatic carbocycles. The molecule has 2 aromatic carbocycles. The molecule has 0 aliphatic rings. The lowest BCUT2D eigenvalue weighted by molar-refractivity contribution is -0.856. The average Bonchev–Trinajstić information content (AvgIpc) is 2.99. The van der Waals surface area contributed by atoms with Gasteiger partial charge in [-0.1, -0.05) is 23.5 Å². The molecule has 1 aromatic heterocycles. The molecular formula is C19H20F2N3OS+. The minimum atomic E-state index is -0.331. The van der Waals surface area contributed by atoms with Gasteiger partial charge in [-0.05, 0) is 35.9 Å². The Kier molecular flexibility index (Phi) is 5.58. The second-order valence-corrected chi connectivity index (χ2v) is 7.42. The Balaban J connectivity index is 1.87. The summed E-state index contributed by atoms with van der Waals surface area (Å²) in [5, 5.41) is 0.555. The van der Waals surface area contributed by atoms with Gasteiger partial charge in [0.1, 0.15) is 11.6 Å². The van der Waals surface area contributed by atoms with Crippen LogP contribution in [-0.2, 0) is 11.2 Å². The van der Waals surface area contributed by atoms with Gasteiger partial charge in [0.25, 0.3) is 0 Å². The molecule has 4 nitrogen and oxygen atoms in total. The van der Waals surface area contributed by atoms with Crippen molar-refractivity contribution in [3.63, 3.8) is 0 Å². The van der Waals surface area contributed by atoms with Crippen LogP contribution in [0.4, 0.5) is 13.9 Å². The highest BCUT2D eigenvalue weighted by Gasteiger charge is 2.21. The molecule has 0 spiro atoms. The second-order valence-electron chi connectivity index (χ2n) is 6.41. The Bertz CT molecular complexity index is 909. The molecule has 1 N–H and O–H groups in total. The van der Waals surface area contributed by atoms with E-state index in [0.29, 0.717) is 21.9 Å². The minimum Gasteiger partial charge on any atom is -0.338 e. The fraction of sp³-hybridized carbons (Fsp3) is 0.263. The fourth-order valence-electron chi connectivity index (χ4n) is 2.54. The number of anilines is 1. The Morgan fingerprint density at radius 3 is 2.50 bits per heavy atom. The quantitative estimate of drug-likeness (QED) is 0.717. The van der Waals surface area contributed by atoms with Crippen LogP contribution in [0.15, 0.2) is 42.5 Å². The van der Waals surface area contributed by atoms with Gasteiger partial charge < -0.3 is 4.90 Å². The van der Waals surface area contributed by atoms with E-state index < -0.39 is 0 Å². The number of carbonyl (C=O) groups excluding carboxylic acids is 1. The van der Waals surface area contributed by atoms with Crippen LogP contribution in [0.5, 0.6) is 0 Å². The smallest absolute Gasteiger partial charge is 0.233 e. The summed E-state index contributed by atoms with van der Waals surface area (Å²) in [5.74, 6) is -0.769. The third-order valence-electron chi connectivity index (χ3n) is 3.98. The number of likely N-dealkylation sites (N-methyl/N-ethyl adjacent to an activating group) is 1. The van der Waals surface area contributed by atoms with E-state index in [2.05, 4.69) is 4.98 Å². The molecule has 0 atom stereocenters. The maximum atomic E-state index is 13.4. The first kappa shape index (κ1) is 18.4. The van der Waals surface area contributed by atoms with Gasteiger partial charge >= 0.3 is 0 Å². The maximum Gasteiger partial charge on any atom is 0.233 e. The van der Waals surface area contributed by atoms with Crippen molar-refractivity contribution in [2.75, 3.05) is 32.1 Å². The number of hydrogen-bond acceptors (Lipinski definition) is 3. The summed E-state index contributed by atoms with van der Waals surface area (Å²) in [6.45, 7) is 1.25. The number of nitrogens with zero attached hydrogens (tertiary/aromatic N) is 2. The van der Waals surface area contributed by atoms with E-state index in [4.69, 9.17) is 0 Å². The number of rotatable bonds is 6. The van der Waals surface area contributed by atoms with Crippen LogP contribution in [0, 0.1) is 11.6 Å². The summed E-state index contributed by atoms with van der Waals surface area (Å²) in [7, 11) is 4.02. The van der Waals surface area contributed by atoms with Crippen molar-refractivity contribution in [2.24, 2.45) is 0 Å². The number of quaternary nitrogens is 1. The molecule has 0 bridgehead atoms. The molecular weight excluding hydrogens is 356 g/mol. The van der Waals surface area contributed by atoms with E-state index in [1.165, 1.54) is 40.5 Å². The number of halogens is 2. The molecule has 26 heavy (non-hydrogen) atoms. The summed E-state index contributed by atoms with van der Waals surface area (Å²) >= 11 is 1.30. The van der Waals surface area contributed by atoms with Crippen LogP contribution in [-0.4, -0.2) is 38.1 Å². The highest BCUT2D eigenvalue weighted by atomic mass is 32.1. The van der Waals surface area contributed by atoms with Gasteiger partial charge in [-0.15, -0.1) is 0 Å². The largest absolute Gasteiger partial charge is 0.338 e. The van der Waals surface area contributed by atoms with Crippen molar-refractivity contribution < 1.29 is 18.5 Å². The zero-order valence-electron chi connectivity index (χ0n) is 14.6. The summed E-state index contributed by atoms with van der Waals surface area (Å²) in [4.78, 5) is 20.2. The van der Waals surface area contributed by atoms with Crippen LogP contribution in [0.2, 0.25) is 0 Å². The molecule has 0 aliphatic heterocycles. The molecule has 3 rings (SSSR count). The van der Waals surface area contributed by atoms with Gasteiger partial charge in [0.2, 0.25) is 5.91 Å². The highest BCUT2D eigenvalue weighted by molar-refractivity contribution is 7.22. The van der Waals surface area contributed by atoms with E-state index >= 15 is 0 Å². The molecule has 1 amide bonds. The normalized spacial score (nSPS) is 11.3. The van der Waals surface area contributed by atoms with E-state index in [9.17, 15) is 13.6 Å². The second kappa shape index (κ2) is 7.88. The monoisotopic (exact) mass is 376 g/mol. The lowest BCUT2D eigenvalue weighted by Gasteiger charge is -2.20. The number of thiazole rings is 1. The zero-order valence-corrected chi connectivity index (χ0v) is 15.4. The number of nitrogens with one attached hydrogen (secondary N) is 1. The Morgan fingerprint density at radius 1 is 1.12 bits per heavy atom. The van der Waals surface area contributed by atoms with Crippen molar-refractivity contribution in [1.82, 2.24) is 4.98 Å². The molecule has 0 fully saturated rings. The topological polar surface area (TPSA) is 37.6 Å². The number of aromatic nitrogens is 1. The van der Waals surface area contributed by atoms with Crippen LogP contribution in [0.3, 0.4) is 0 Å². The first-order chi connectivity index (χ1) is 12.4. The third-order valence-corrected chi connectivity index (χ3v) is 5.02. The van der Waals surface area contributed by atoms with Crippen molar-refractivity contribution in [2.45, 2.75) is 6.42 Å². The van der Waals surface area contributed by atoms with Gasteiger partial charge in [-0.2, -0.15) is 0 Å². The van der Waals surface area contributed by atoms with Gasteiger partial charge in [0, 0.05) is 0 Å². The Labute approximate surface area is 154 Å². The summed E-state index contributed by atoms with van der Waals surface area (Å²) in [5.41, 5.74) is 1.41. The number of amides is 1. The Morgan fingerprint density at radius 2 is 1.81 bits per heavy atom. The molecule has 0 saturated carbocycles. The van der Waals surface area contributed by atoms with E-state index in [0.717, 1.165) is 12.1 Å². The number of carbonyl (C=O) groups is 1. The zero-order chi connectivity index (χ0) is 18.7. The van der Waals surface area contributed by atoms with Crippen molar-refractivity contribution in [3.05, 3.63) is 59.7 Å². The lowest BCUT2D eigenvalue weighted by atomic mass is 10.1. The molecule has 3 aromatic rings. The molecule has 0 unspecified atom stereocenters.